The van der Waals surface area contributed by atoms with Crippen molar-refractivity contribution < 1.29 is 18.3 Å². The quantitative estimate of drug-likeness (QED) is 0.832. The molecular formula is C11H15N3O4S. The molecule has 0 fully saturated rings. The van der Waals surface area contributed by atoms with E-state index < -0.39 is 16.0 Å². The molecule has 0 spiro atoms. The van der Waals surface area contributed by atoms with Crippen LogP contribution in [-0.2, 0) is 10.0 Å². The van der Waals surface area contributed by atoms with Crippen LogP contribution in [0.5, 0.6) is 0 Å². The highest BCUT2D eigenvalue weighted by Gasteiger charge is 2.29. The lowest BCUT2D eigenvalue weighted by Crippen LogP contribution is -2.28. The Morgan fingerprint density at radius 3 is 2.47 bits per heavy atom. The molecule has 0 aliphatic carbocycles. The number of nitrogens with one attached hydrogen (secondary N) is 1. The molecule has 104 valence electrons. The Labute approximate surface area is 111 Å². The molecule has 7 nitrogen and oxygen atoms in total. The molecule has 0 radical (unpaired) electrons. The van der Waals surface area contributed by atoms with Crippen LogP contribution in [0.25, 0.3) is 0 Å². The van der Waals surface area contributed by atoms with Crippen LogP contribution in [0.15, 0.2) is 4.90 Å². The van der Waals surface area contributed by atoms with Gasteiger partial charge in [0, 0.05) is 31.3 Å². The lowest BCUT2D eigenvalue weighted by Gasteiger charge is -2.16. The Balaban J connectivity index is 3.30. The van der Waals surface area contributed by atoms with E-state index >= 15 is 0 Å². The maximum atomic E-state index is 12.3. The first-order chi connectivity index (χ1) is 8.73. The first-order valence-corrected chi connectivity index (χ1v) is 6.93. The van der Waals surface area contributed by atoms with Gasteiger partial charge in [-0.25, -0.2) is 13.2 Å². The minimum atomic E-state index is -3.80. The number of sulfonamides is 1. The molecule has 0 amide bonds. The van der Waals surface area contributed by atoms with Crippen LogP contribution in [0, 0.1) is 25.2 Å². The summed E-state index contributed by atoms with van der Waals surface area (Å²) in [5.74, 6) is -1.21. The summed E-state index contributed by atoms with van der Waals surface area (Å²) in [6.45, 7) is 3.01. The van der Waals surface area contributed by atoms with Crippen molar-refractivity contribution in [1.82, 2.24) is 9.29 Å². The van der Waals surface area contributed by atoms with E-state index in [2.05, 4.69) is 4.98 Å². The van der Waals surface area contributed by atoms with E-state index in [0.717, 1.165) is 4.31 Å². The fourth-order valence-electron chi connectivity index (χ4n) is 1.82. The molecule has 1 heterocycles. The number of carboxylic acid groups (broad SMARTS) is 1. The van der Waals surface area contributed by atoms with Gasteiger partial charge < -0.3 is 10.1 Å². The summed E-state index contributed by atoms with van der Waals surface area (Å²) in [4.78, 5) is 13.5. The molecule has 0 saturated heterocycles. The fourth-order valence-corrected chi connectivity index (χ4v) is 3.39. The molecule has 0 atom stereocenters. The number of carbonyl (C=O) groups is 1. The molecule has 2 N–H and O–H groups in total. The van der Waals surface area contributed by atoms with Gasteiger partial charge in [0.2, 0.25) is 10.0 Å². The van der Waals surface area contributed by atoms with Gasteiger partial charge in [-0.1, -0.05) is 0 Å². The zero-order chi connectivity index (χ0) is 14.8. The summed E-state index contributed by atoms with van der Waals surface area (Å²) in [6, 6.07) is 1.87. The number of nitriles is 1. The third-order valence-electron chi connectivity index (χ3n) is 2.79. The Kier molecular flexibility index (Phi) is 4.34. The Morgan fingerprint density at radius 1 is 1.47 bits per heavy atom. The number of nitrogens with zero attached hydrogens (tertiary/aromatic N) is 2. The summed E-state index contributed by atoms with van der Waals surface area (Å²) in [7, 11) is -2.44. The van der Waals surface area contributed by atoms with E-state index in [-0.39, 0.29) is 34.8 Å². The van der Waals surface area contributed by atoms with Crippen LogP contribution < -0.4 is 0 Å². The van der Waals surface area contributed by atoms with Crippen LogP contribution in [0.1, 0.15) is 28.2 Å². The van der Waals surface area contributed by atoms with Gasteiger partial charge in [-0.2, -0.15) is 9.57 Å². The van der Waals surface area contributed by atoms with Crippen molar-refractivity contribution in [3.8, 4) is 6.07 Å². The maximum Gasteiger partial charge on any atom is 0.352 e. The standard InChI is InChI=1S/C11H15N3O4S/c1-7-9(11(15)16)13-8(2)10(7)19(17,18)14(3)6-4-5-12/h13H,4,6H2,1-3H3,(H,15,16). The number of hydrogen-bond donors (Lipinski definition) is 2. The second-order valence-corrected chi connectivity index (χ2v) is 6.10. The Morgan fingerprint density at radius 2 is 2.05 bits per heavy atom. The lowest BCUT2D eigenvalue weighted by molar-refractivity contribution is 0.0690. The third kappa shape index (κ3) is 2.77. The van der Waals surface area contributed by atoms with Crippen LogP contribution in [0.3, 0.4) is 0 Å². The molecule has 0 aliphatic heterocycles. The topological polar surface area (TPSA) is 114 Å². The molecular weight excluding hydrogens is 270 g/mol. The van der Waals surface area contributed by atoms with Crippen LogP contribution in [-0.4, -0.2) is 42.4 Å². The number of carboxylic acids is 1. The van der Waals surface area contributed by atoms with E-state index in [4.69, 9.17) is 10.4 Å². The summed E-state index contributed by atoms with van der Waals surface area (Å²) < 4.78 is 25.7. The van der Waals surface area contributed by atoms with Gasteiger partial charge in [-0.3, -0.25) is 0 Å². The zero-order valence-electron chi connectivity index (χ0n) is 10.9. The normalized spacial score (nSPS) is 11.5. The molecule has 1 aromatic rings. The second kappa shape index (κ2) is 5.42. The molecule has 0 unspecified atom stereocenters. The molecule has 19 heavy (non-hydrogen) atoms. The number of aromatic amines is 1. The van der Waals surface area contributed by atoms with Crippen molar-refractivity contribution in [3.05, 3.63) is 17.0 Å². The third-order valence-corrected chi connectivity index (χ3v) is 4.92. The van der Waals surface area contributed by atoms with Gasteiger partial charge in [0.1, 0.15) is 10.6 Å². The minimum Gasteiger partial charge on any atom is -0.477 e. The monoisotopic (exact) mass is 285 g/mol. The average molecular weight is 285 g/mol. The molecule has 0 aliphatic rings. The highest BCUT2D eigenvalue weighted by atomic mass is 32.2. The van der Waals surface area contributed by atoms with Crippen molar-refractivity contribution in [2.24, 2.45) is 0 Å². The van der Waals surface area contributed by atoms with Crippen LogP contribution in [0.4, 0.5) is 0 Å². The molecule has 0 aromatic carbocycles. The van der Waals surface area contributed by atoms with Gasteiger partial charge >= 0.3 is 5.97 Å². The van der Waals surface area contributed by atoms with Crippen molar-refractivity contribution >= 4 is 16.0 Å². The van der Waals surface area contributed by atoms with Gasteiger partial charge in [-0.05, 0) is 13.8 Å². The van der Waals surface area contributed by atoms with Gasteiger partial charge in [-0.15, -0.1) is 0 Å². The second-order valence-electron chi connectivity index (χ2n) is 4.12. The van der Waals surface area contributed by atoms with Gasteiger partial charge in [0.05, 0.1) is 6.07 Å². The number of rotatable bonds is 5. The van der Waals surface area contributed by atoms with E-state index in [1.165, 1.54) is 20.9 Å². The minimum absolute atomic E-state index is 0.0367. The van der Waals surface area contributed by atoms with Gasteiger partial charge in [0.15, 0.2) is 0 Å². The van der Waals surface area contributed by atoms with Crippen molar-refractivity contribution in [2.75, 3.05) is 13.6 Å². The number of hydrogen-bond acceptors (Lipinski definition) is 4. The van der Waals surface area contributed by atoms with E-state index in [1.807, 2.05) is 6.07 Å². The number of aromatic carboxylic acids is 1. The van der Waals surface area contributed by atoms with Crippen LogP contribution in [0.2, 0.25) is 0 Å². The first-order valence-electron chi connectivity index (χ1n) is 5.49. The summed E-state index contributed by atoms with van der Waals surface area (Å²) in [5.41, 5.74) is 0.317. The zero-order valence-corrected chi connectivity index (χ0v) is 11.7. The van der Waals surface area contributed by atoms with Crippen molar-refractivity contribution in [3.63, 3.8) is 0 Å². The number of H-pyrrole nitrogens is 1. The molecule has 1 aromatic heterocycles. The molecule has 0 bridgehead atoms. The Hall–Kier alpha value is -1.85. The molecule has 0 saturated carbocycles. The first kappa shape index (κ1) is 15.2. The van der Waals surface area contributed by atoms with Crippen LogP contribution >= 0.6 is 0 Å². The highest BCUT2D eigenvalue weighted by molar-refractivity contribution is 7.89. The largest absolute Gasteiger partial charge is 0.477 e. The van der Waals surface area contributed by atoms with E-state index in [1.54, 1.807) is 0 Å². The van der Waals surface area contributed by atoms with Crippen molar-refractivity contribution in [1.29, 1.82) is 5.26 Å². The summed E-state index contributed by atoms with van der Waals surface area (Å²) in [6.07, 6.45) is 0.0734. The molecule has 8 heteroatoms. The molecule has 1 rings (SSSR count). The van der Waals surface area contributed by atoms with Crippen molar-refractivity contribution in [2.45, 2.75) is 25.2 Å². The Bertz CT molecular complexity index is 640. The smallest absolute Gasteiger partial charge is 0.352 e. The van der Waals surface area contributed by atoms with Gasteiger partial charge in [0.25, 0.3) is 0 Å². The lowest BCUT2D eigenvalue weighted by atomic mass is 10.2. The summed E-state index contributed by atoms with van der Waals surface area (Å²) >= 11 is 0. The predicted octanol–water partition coefficient (Wildman–Crippen LogP) is 0.864. The predicted molar refractivity (Wildman–Crippen MR) is 67.3 cm³/mol. The summed E-state index contributed by atoms with van der Waals surface area (Å²) in [5, 5.41) is 17.4. The van der Waals surface area contributed by atoms with E-state index in [9.17, 15) is 13.2 Å². The van der Waals surface area contributed by atoms with E-state index in [0.29, 0.717) is 0 Å². The fraction of sp³-hybridized carbons (Fsp3) is 0.455. The highest BCUT2D eigenvalue weighted by Crippen LogP contribution is 2.25. The average Bonchev–Trinajstić information content (AvgIpc) is 2.62. The SMILES string of the molecule is Cc1[nH]c(C(=O)O)c(C)c1S(=O)(=O)N(C)CCC#N. The number of aromatic nitrogens is 1. The number of aryl methyl sites for hydroxylation is 1. The maximum absolute atomic E-state index is 12.3.